The monoisotopic (exact) mass is 402 g/mol. The number of nitrogens with two attached hydrogens (primary N) is 1. The number of nitrogens with one attached hydrogen (secondary N) is 2. The number of carbonyl (C=O) groups is 1. The van der Waals surface area contributed by atoms with Crippen LogP contribution in [0.15, 0.2) is 47.5 Å². The first kappa shape index (κ1) is 19.0. The smallest absolute Gasteiger partial charge is 0.247 e. The molecule has 1 aromatic carbocycles. The summed E-state index contributed by atoms with van der Waals surface area (Å²) in [7, 11) is 0. The van der Waals surface area contributed by atoms with Gasteiger partial charge in [0, 0.05) is 41.8 Å². The molecule has 6 nitrogen and oxygen atoms in total. The molecule has 3 aromatic rings. The molecule has 0 bridgehead atoms. The van der Waals surface area contributed by atoms with Gasteiger partial charge in [-0.1, -0.05) is 6.07 Å². The van der Waals surface area contributed by atoms with Crippen LogP contribution in [-0.2, 0) is 0 Å². The minimum Gasteiger partial charge on any atom is -0.381 e. The van der Waals surface area contributed by atoms with Gasteiger partial charge >= 0.3 is 0 Å². The molecule has 154 valence electrons. The van der Waals surface area contributed by atoms with Gasteiger partial charge in [-0.2, -0.15) is 0 Å². The van der Waals surface area contributed by atoms with Crippen molar-refractivity contribution in [3.63, 3.8) is 0 Å². The molecule has 5 rings (SSSR count). The summed E-state index contributed by atoms with van der Waals surface area (Å²) in [4.78, 5) is 31.8. The molecule has 0 amide bonds. The Morgan fingerprint density at radius 3 is 2.50 bits per heavy atom. The molecule has 2 aliphatic rings. The highest BCUT2D eigenvalue weighted by atomic mass is 16.1. The summed E-state index contributed by atoms with van der Waals surface area (Å²) in [5.74, 6) is 0.320. The fourth-order valence-corrected chi connectivity index (χ4v) is 4.34. The number of hydrogen-bond acceptors (Lipinski definition) is 5. The van der Waals surface area contributed by atoms with Gasteiger partial charge in [-0.05, 0) is 67.9 Å². The van der Waals surface area contributed by atoms with Crippen molar-refractivity contribution in [3.8, 4) is 11.1 Å². The van der Waals surface area contributed by atoms with Gasteiger partial charge in [-0.25, -0.2) is 0 Å². The van der Waals surface area contributed by atoms with E-state index in [9.17, 15) is 9.59 Å². The molecular weight excluding hydrogens is 376 g/mol. The maximum Gasteiger partial charge on any atom is 0.247 e. The molecule has 0 unspecified atom stereocenters. The van der Waals surface area contributed by atoms with Crippen LogP contribution in [0.5, 0.6) is 0 Å². The second-order valence-corrected chi connectivity index (χ2v) is 8.61. The number of aromatic amines is 1. The van der Waals surface area contributed by atoms with Crippen molar-refractivity contribution in [1.82, 2.24) is 9.97 Å². The second kappa shape index (κ2) is 7.69. The minimum atomic E-state index is -0.128. The molecule has 2 saturated carbocycles. The lowest BCUT2D eigenvalue weighted by Gasteiger charge is -2.29. The predicted octanol–water partition coefficient (Wildman–Crippen LogP) is 3.86. The summed E-state index contributed by atoms with van der Waals surface area (Å²) in [6, 6.07) is 9.95. The molecule has 0 aliphatic heterocycles. The lowest BCUT2D eigenvalue weighted by atomic mass is 9.91. The quantitative estimate of drug-likeness (QED) is 0.563. The highest BCUT2D eigenvalue weighted by Crippen LogP contribution is 2.38. The van der Waals surface area contributed by atoms with Gasteiger partial charge in [-0.15, -0.1) is 0 Å². The van der Waals surface area contributed by atoms with E-state index < -0.39 is 0 Å². The zero-order valence-electron chi connectivity index (χ0n) is 16.9. The summed E-state index contributed by atoms with van der Waals surface area (Å²) >= 11 is 0. The Morgan fingerprint density at radius 2 is 1.80 bits per heavy atom. The Kier molecular flexibility index (Phi) is 4.87. The summed E-state index contributed by atoms with van der Waals surface area (Å²) < 4.78 is 0. The van der Waals surface area contributed by atoms with E-state index in [1.165, 1.54) is 6.07 Å². The zero-order chi connectivity index (χ0) is 20.7. The average molecular weight is 402 g/mol. The third kappa shape index (κ3) is 3.75. The van der Waals surface area contributed by atoms with Gasteiger partial charge in [0.25, 0.3) is 0 Å². The fraction of sp³-hybridized carbons (Fsp3) is 0.375. The van der Waals surface area contributed by atoms with Crippen LogP contribution < -0.4 is 16.6 Å². The molecule has 2 heterocycles. The number of pyridine rings is 2. The van der Waals surface area contributed by atoms with Crippen LogP contribution in [0, 0.1) is 5.92 Å². The van der Waals surface area contributed by atoms with E-state index in [1.54, 1.807) is 12.4 Å². The number of Topliss-reactive ketones (excluding diaryl/α,β-unsaturated/α-hetero) is 1. The van der Waals surface area contributed by atoms with Crippen LogP contribution in [0.2, 0.25) is 0 Å². The van der Waals surface area contributed by atoms with Crippen molar-refractivity contribution in [2.45, 2.75) is 50.6 Å². The molecule has 6 heteroatoms. The first-order chi connectivity index (χ1) is 14.6. The van der Waals surface area contributed by atoms with Crippen molar-refractivity contribution in [2.24, 2.45) is 11.7 Å². The number of rotatable bonds is 5. The summed E-state index contributed by atoms with van der Waals surface area (Å²) in [6.45, 7) is 0. The van der Waals surface area contributed by atoms with Crippen molar-refractivity contribution in [2.75, 3.05) is 5.32 Å². The molecule has 4 N–H and O–H groups in total. The Bertz CT molecular complexity index is 1140. The first-order valence-corrected chi connectivity index (χ1v) is 10.8. The standard InChI is InChI=1S/C24H26N4O2/c25-17-5-7-18(8-6-17)28-23-19-11-15(16-4-10-22(29)27-12-16)3-9-21(19)26-13-20(23)24(30)14-1-2-14/h3-4,9-14,17-18H,1-2,5-8,25H2,(H,26,28)(H,27,29). The number of benzene rings is 1. The van der Waals surface area contributed by atoms with E-state index in [1.807, 2.05) is 18.2 Å². The zero-order valence-corrected chi connectivity index (χ0v) is 16.9. The van der Waals surface area contributed by atoms with Crippen LogP contribution in [0.3, 0.4) is 0 Å². The Hall–Kier alpha value is -2.99. The van der Waals surface area contributed by atoms with E-state index in [0.717, 1.165) is 66.2 Å². The van der Waals surface area contributed by atoms with Gasteiger partial charge in [-0.3, -0.25) is 14.6 Å². The SMILES string of the molecule is NC1CCC(Nc2c(C(=O)C3CC3)cnc3ccc(-c4ccc(=O)[nH]c4)cc23)CC1. The Morgan fingerprint density at radius 1 is 1.03 bits per heavy atom. The lowest BCUT2D eigenvalue weighted by molar-refractivity contribution is 0.0968. The van der Waals surface area contributed by atoms with Gasteiger partial charge in [0.05, 0.1) is 16.8 Å². The van der Waals surface area contributed by atoms with Crippen molar-refractivity contribution in [3.05, 3.63) is 58.6 Å². The number of ketones is 1. The third-order valence-electron chi connectivity index (χ3n) is 6.32. The molecule has 0 spiro atoms. The number of H-pyrrole nitrogens is 1. The first-order valence-electron chi connectivity index (χ1n) is 10.8. The largest absolute Gasteiger partial charge is 0.381 e. The maximum absolute atomic E-state index is 13.0. The molecular formula is C24H26N4O2. The summed E-state index contributed by atoms with van der Waals surface area (Å²) in [5.41, 5.74) is 10.3. The van der Waals surface area contributed by atoms with Gasteiger partial charge in [0.2, 0.25) is 5.56 Å². The average Bonchev–Trinajstić information content (AvgIpc) is 3.61. The highest BCUT2D eigenvalue weighted by molar-refractivity contribution is 6.10. The molecule has 0 atom stereocenters. The molecule has 0 saturated heterocycles. The second-order valence-electron chi connectivity index (χ2n) is 8.61. The van der Waals surface area contributed by atoms with E-state index in [2.05, 4.69) is 21.4 Å². The van der Waals surface area contributed by atoms with Crippen molar-refractivity contribution in [1.29, 1.82) is 0 Å². The van der Waals surface area contributed by atoms with Gasteiger partial charge < -0.3 is 16.0 Å². The molecule has 2 fully saturated rings. The molecule has 30 heavy (non-hydrogen) atoms. The van der Waals surface area contributed by atoms with Crippen molar-refractivity contribution < 1.29 is 4.79 Å². The number of anilines is 1. The number of aromatic nitrogens is 2. The minimum absolute atomic E-state index is 0.128. The fourth-order valence-electron chi connectivity index (χ4n) is 4.34. The van der Waals surface area contributed by atoms with Crippen LogP contribution in [0.25, 0.3) is 22.0 Å². The van der Waals surface area contributed by atoms with Gasteiger partial charge in [0.15, 0.2) is 5.78 Å². The number of nitrogens with zero attached hydrogens (tertiary/aromatic N) is 1. The van der Waals surface area contributed by atoms with E-state index in [4.69, 9.17) is 5.73 Å². The normalized spacial score (nSPS) is 21.5. The molecule has 2 aromatic heterocycles. The van der Waals surface area contributed by atoms with Crippen LogP contribution >= 0.6 is 0 Å². The third-order valence-corrected chi connectivity index (χ3v) is 6.32. The van der Waals surface area contributed by atoms with Crippen molar-refractivity contribution >= 4 is 22.4 Å². The topological polar surface area (TPSA) is 101 Å². The summed E-state index contributed by atoms with van der Waals surface area (Å²) in [5, 5.41) is 4.63. The number of fused-ring (bicyclic) bond motifs is 1. The highest BCUT2D eigenvalue weighted by Gasteiger charge is 2.33. The summed E-state index contributed by atoms with van der Waals surface area (Å²) in [6.07, 6.45) is 9.37. The Balaban J connectivity index is 1.60. The van der Waals surface area contributed by atoms with E-state index >= 15 is 0 Å². The predicted molar refractivity (Wildman–Crippen MR) is 119 cm³/mol. The maximum atomic E-state index is 13.0. The molecule has 2 aliphatic carbocycles. The Labute approximate surface area is 174 Å². The van der Waals surface area contributed by atoms with E-state index in [0.29, 0.717) is 11.6 Å². The molecule has 0 radical (unpaired) electrons. The number of hydrogen-bond donors (Lipinski definition) is 3. The van der Waals surface area contributed by atoms with Crippen LogP contribution in [-0.4, -0.2) is 27.8 Å². The lowest BCUT2D eigenvalue weighted by Crippen LogP contribution is -2.33. The van der Waals surface area contributed by atoms with Gasteiger partial charge in [0.1, 0.15) is 0 Å². The van der Waals surface area contributed by atoms with Crippen LogP contribution in [0.4, 0.5) is 5.69 Å². The van der Waals surface area contributed by atoms with E-state index in [-0.39, 0.29) is 23.3 Å². The van der Waals surface area contributed by atoms with Crippen LogP contribution in [0.1, 0.15) is 48.9 Å². The number of carbonyl (C=O) groups excluding carboxylic acids is 1.